The van der Waals surface area contributed by atoms with Gasteiger partial charge >= 0.3 is 0 Å². The van der Waals surface area contributed by atoms with Crippen molar-refractivity contribution in [3.63, 3.8) is 0 Å². The third kappa shape index (κ3) is 5.40. The first-order valence-electron chi connectivity index (χ1n) is 9.19. The summed E-state index contributed by atoms with van der Waals surface area (Å²) in [5.41, 5.74) is 5.39. The Morgan fingerprint density at radius 1 is 1.11 bits per heavy atom. The van der Waals surface area contributed by atoms with Gasteiger partial charge in [-0.3, -0.25) is 9.48 Å². The second kappa shape index (κ2) is 9.80. The fraction of sp³-hybridized carbons (Fsp3) is 0.273. The van der Waals surface area contributed by atoms with E-state index in [1.165, 1.54) is 5.56 Å². The van der Waals surface area contributed by atoms with E-state index in [2.05, 4.69) is 29.5 Å². The lowest BCUT2D eigenvalue weighted by Crippen LogP contribution is -2.25. The van der Waals surface area contributed by atoms with E-state index in [1.54, 1.807) is 11.8 Å². The number of benzene rings is 2. The number of nitrogens with one attached hydrogen (secondary N) is 1. The molecule has 146 valence electrons. The normalized spacial score (nSPS) is 10.8. The van der Waals surface area contributed by atoms with E-state index in [4.69, 9.17) is 11.6 Å². The number of carbonyl (C=O) groups excluding carboxylic acids is 1. The molecule has 0 radical (unpaired) electrons. The van der Waals surface area contributed by atoms with Crippen molar-refractivity contribution in [2.45, 2.75) is 32.7 Å². The summed E-state index contributed by atoms with van der Waals surface area (Å²) in [4.78, 5) is 12.2. The smallest absolute Gasteiger partial charge is 0.230 e. The standard InChI is InChI=1S/C22H24ClN3OS/c1-16-20(17(2)26(25-16)13-18-8-4-3-5-9-18)12-24-22(27)15-28-14-19-10-6-7-11-21(19)23/h3-11H,12-15H2,1-2H3,(H,24,27). The predicted octanol–water partition coefficient (Wildman–Crippen LogP) is 4.75. The summed E-state index contributed by atoms with van der Waals surface area (Å²) < 4.78 is 2.00. The van der Waals surface area contributed by atoms with Gasteiger partial charge in [0.25, 0.3) is 0 Å². The molecule has 0 bridgehead atoms. The number of aryl methyl sites for hydroxylation is 1. The van der Waals surface area contributed by atoms with E-state index in [9.17, 15) is 4.79 Å². The van der Waals surface area contributed by atoms with Crippen molar-refractivity contribution in [3.05, 3.63) is 87.7 Å². The SMILES string of the molecule is Cc1nn(Cc2ccccc2)c(C)c1CNC(=O)CSCc1ccccc1Cl. The highest BCUT2D eigenvalue weighted by Gasteiger charge is 2.13. The van der Waals surface area contributed by atoms with Gasteiger partial charge in [-0.15, -0.1) is 11.8 Å². The lowest BCUT2D eigenvalue weighted by molar-refractivity contribution is -0.118. The minimum atomic E-state index is 0.0201. The largest absolute Gasteiger partial charge is 0.351 e. The summed E-state index contributed by atoms with van der Waals surface area (Å²) >= 11 is 7.71. The molecule has 0 unspecified atom stereocenters. The Kier molecular flexibility index (Phi) is 7.18. The van der Waals surface area contributed by atoms with Gasteiger partial charge in [0.1, 0.15) is 0 Å². The first kappa shape index (κ1) is 20.5. The molecule has 28 heavy (non-hydrogen) atoms. The molecule has 1 heterocycles. The van der Waals surface area contributed by atoms with E-state index in [0.29, 0.717) is 12.3 Å². The summed E-state index contributed by atoms with van der Waals surface area (Å²) in [6.07, 6.45) is 0. The Hall–Kier alpha value is -2.24. The van der Waals surface area contributed by atoms with Gasteiger partial charge < -0.3 is 5.32 Å². The summed E-state index contributed by atoms with van der Waals surface area (Å²) in [6.45, 7) is 5.27. The molecule has 0 atom stereocenters. The molecule has 0 aliphatic carbocycles. The number of hydrogen-bond donors (Lipinski definition) is 1. The van der Waals surface area contributed by atoms with Gasteiger partial charge in [0.2, 0.25) is 5.91 Å². The molecular formula is C22H24ClN3OS. The number of halogens is 1. The van der Waals surface area contributed by atoms with Crippen LogP contribution in [0.25, 0.3) is 0 Å². The van der Waals surface area contributed by atoms with Crippen LogP contribution in [0.3, 0.4) is 0 Å². The van der Waals surface area contributed by atoms with Crippen LogP contribution in [-0.4, -0.2) is 21.4 Å². The molecule has 1 aromatic heterocycles. The number of amides is 1. The average molecular weight is 414 g/mol. The molecule has 0 saturated heterocycles. The molecular weight excluding hydrogens is 390 g/mol. The van der Waals surface area contributed by atoms with Crippen LogP contribution in [0, 0.1) is 13.8 Å². The Morgan fingerprint density at radius 2 is 1.82 bits per heavy atom. The zero-order valence-electron chi connectivity index (χ0n) is 16.1. The highest BCUT2D eigenvalue weighted by atomic mass is 35.5. The Labute approximate surface area is 175 Å². The van der Waals surface area contributed by atoms with Crippen molar-refractivity contribution >= 4 is 29.3 Å². The van der Waals surface area contributed by atoms with Crippen LogP contribution < -0.4 is 5.32 Å². The molecule has 2 aromatic carbocycles. The molecule has 3 aromatic rings. The molecule has 1 N–H and O–H groups in total. The number of aromatic nitrogens is 2. The molecule has 0 aliphatic heterocycles. The molecule has 4 nitrogen and oxygen atoms in total. The minimum Gasteiger partial charge on any atom is -0.351 e. The van der Waals surface area contributed by atoms with Gasteiger partial charge in [-0.25, -0.2) is 0 Å². The van der Waals surface area contributed by atoms with Gasteiger partial charge in [0, 0.05) is 28.6 Å². The van der Waals surface area contributed by atoms with Crippen LogP contribution in [0.4, 0.5) is 0 Å². The highest BCUT2D eigenvalue weighted by molar-refractivity contribution is 7.99. The van der Waals surface area contributed by atoms with E-state index in [-0.39, 0.29) is 5.91 Å². The average Bonchev–Trinajstić information content (AvgIpc) is 2.95. The molecule has 1 amide bonds. The topological polar surface area (TPSA) is 46.9 Å². The van der Waals surface area contributed by atoms with Crippen LogP contribution in [0.5, 0.6) is 0 Å². The van der Waals surface area contributed by atoms with Crippen molar-refractivity contribution in [2.75, 3.05) is 5.75 Å². The zero-order valence-corrected chi connectivity index (χ0v) is 17.7. The maximum Gasteiger partial charge on any atom is 0.230 e. The number of carbonyl (C=O) groups is 1. The molecule has 0 aliphatic rings. The van der Waals surface area contributed by atoms with Crippen molar-refractivity contribution in [3.8, 4) is 0 Å². The lowest BCUT2D eigenvalue weighted by atomic mass is 10.2. The Morgan fingerprint density at radius 3 is 2.57 bits per heavy atom. The quantitative estimate of drug-likeness (QED) is 0.579. The van der Waals surface area contributed by atoms with Crippen molar-refractivity contribution in [1.82, 2.24) is 15.1 Å². The van der Waals surface area contributed by atoms with E-state index in [0.717, 1.165) is 39.8 Å². The molecule has 0 saturated carbocycles. The van der Waals surface area contributed by atoms with Crippen molar-refractivity contribution < 1.29 is 4.79 Å². The fourth-order valence-corrected chi connectivity index (χ4v) is 4.15. The lowest BCUT2D eigenvalue weighted by Gasteiger charge is -2.08. The number of nitrogens with zero attached hydrogens (tertiary/aromatic N) is 2. The maximum absolute atomic E-state index is 12.2. The maximum atomic E-state index is 12.2. The summed E-state index contributed by atoms with van der Waals surface area (Å²) in [5, 5.41) is 8.40. The van der Waals surface area contributed by atoms with Crippen LogP contribution in [0.1, 0.15) is 28.1 Å². The van der Waals surface area contributed by atoms with Gasteiger partial charge in [0.05, 0.1) is 18.0 Å². The van der Waals surface area contributed by atoms with Gasteiger partial charge in [-0.2, -0.15) is 5.10 Å². The van der Waals surface area contributed by atoms with E-state index in [1.807, 2.05) is 54.1 Å². The van der Waals surface area contributed by atoms with E-state index >= 15 is 0 Å². The molecule has 6 heteroatoms. The van der Waals surface area contributed by atoms with Crippen LogP contribution >= 0.6 is 23.4 Å². The van der Waals surface area contributed by atoms with Gasteiger partial charge in [-0.1, -0.05) is 60.1 Å². The fourth-order valence-electron chi connectivity index (χ4n) is 3.01. The third-order valence-electron chi connectivity index (χ3n) is 4.62. The molecule has 0 fully saturated rings. The summed E-state index contributed by atoms with van der Waals surface area (Å²) in [5.74, 6) is 1.15. The Bertz CT molecular complexity index is 940. The minimum absolute atomic E-state index is 0.0201. The highest BCUT2D eigenvalue weighted by Crippen LogP contribution is 2.20. The first-order chi connectivity index (χ1) is 13.5. The number of rotatable bonds is 8. The van der Waals surface area contributed by atoms with Crippen molar-refractivity contribution in [2.24, 2.45) is 0 Å². The van der Waals surface area contributed by atoms with Gasteiger partial charge in [0.15, 0.2) is 0 Å². The summed E-state index contributed by atoms with van der Waals surface area (Å²) in [7, 11) is 0. The monoisotopic (exact) mass is 413 g/mol. The summed E-state index contributed by atoms with van der Waals surface area (Å²) in [6, 6.07) is 18.0. The first-order valence-corrected chi connectivity index (χ1v) is 10.7. The number of thioether (sulfide) groups is 1. The van der Waals surface area contributed by atoms with Crippen LogP contribution in [0.2, 0.25) is 5.02 Å². The second-order valence-corrected chi connectivity index (χ2v) is 8.05. The molecule has 3 rings (SSSR count). The predicted molar refractivity (Wildman–Crippen MR) is 117 cm³/mol. The third-order valence-corrected chi connectivity index (χ3v) is 5.97. The number of hydrogen-bond acceptors (Lipinski definition) is 3. The van der Waals surface area contributed by atoms with E-state index < -0.39 is 0 Å². The van der Waals surface area contributed by atoms with Gasteiger partial charge in [-0.05, 0) is 31.0 Å². The second-order valence-electron chi connectivity index (χ2n) is 6.65. The Balaban J connectivity index is 1.51. The zero-order chi connectivity index (χ0) is 19.9. The van der Waals surface area contributed by atoms with Crippen LogP contribution in [-0.2, 0) is 23.6 Å². The molecule has 0 spiro atoms. The van der Waals surface area contributed by atoms with Crippen LogP contribution in [0.15, 0.2) is 54.6 Å². The van der Waals surface area contributed by atoms with Crippen molar-refractivity contribution in [1.29, 1.82) is 0 Å².